The van der Waals surface area contributed by atoms with E-state index in [0.29, 0.717) is 15.9 Å². The average molecular weight is 494 g/mol. The van der Waals surface area contributed by atoms with Crippen molar-refractivity contribution in [3.63, 3.8) is 0 Å². The highest BCUT2D eigenvalue weighted by molar-refractivity contribution is 5.98. The second kappa shape index (κ2) is 7.82. The number of anilines is 1. The van der Waals surface area contributed by atoms with Gasteiger partial charge >= 0.3 is 12.4 Å². The lowest BCUT2D eigenvalue weighted by atomic mass is 10.0. The number of hydrogen-bond acceptors (Lipinski definition) is 5. The minimum absolute atomic E-state index is 0.0521. The minimum Gasteiger partial charge on any atom is -0.381 e. The van der Waals surface area contributed by atoms with Crippen LogP contribution in [-0.4, -0.2) is 43.1 Å². The molecule has 7 nitrogen and oxygen atoms in total. The lowest BCUT2D eigenvalue weighted by Crippen LogP contribution is -2.41. The Morgan fingerprint density at radius 3 is 2.60 bits per heavy atom. The number of rotatable bonds is 3. The van der Waals surface area contributed by atoms with Crippen LogP contribution in [0.15, 0.2) is 42.7 Å². The molecular weight excluding hydrogens is 478 g/mol. The number of nitrogen functional groups attached to an aromatic ring is 1. The third-order valence-electron chi connectivity index (χ3n) is 6.00. The molecule has 1 aliphatic carbocycles. The molecule has 13 heteroatoms. The van der Waals surface area contributed by atoms with Gasteiger partial charge in [0.1, 0.15) is 12.9 Å². The summed E-state index contributed by atoms with van der Waals surface area (Å²) in [5, 5.41) is 7.59. The molecule has 1 unspecified atom stereocenters. The Balaban J connectivity index is 1.56. The molecule has 0 bridgehead atoms. The van der Waals surface area contributed by atoms with E-state index in [-0.39, 0.29) is 41.0 Å². The van der Waals surface area contributed by atoms with E-state index in [9.17, 15) is 31.1 Å². The molecule has 4 aromatic rings. The zero-order chi connectivity index (χ0) is 25.1. The SMILES string of the molecule is Nc1nc2ccc(C(=O)N(CC(F)(F)F)C3CCc4cc(C(F)(F)F)ccc43)cc2n2cnnc12. The highest BCUT2D eigenvalue weighted by atomic mass is 19.4. The lowest BCUT2D eigenvalue weighted by molar-refractivity contribution is -0.144. The van der Waals surface area contributed by atoms with Crippen molar-refractivity contribution in [1.82, 2.24) is 24.5 Å². The molecule has 0 spiro atoms. The monoisotopic (exact) mass is 494 g/mol. The Morgan fingerprint density at radius 1 is 1.11 bits per heavy atom. The largest absolute Gasteiger partial charge is 0.416 e. The summed E-state index contributed by atoms with van der Waals surface area (Å²) in [4.78, 5) is 18.2. The van der Waals surface area contributed by atoms with Gasteiger partial charge in [0.05, 0.1) is 22.6 Å². The van der Waals surface area contributed by atoms with Crippen molar-refractivity contribution in [2.75, 3.05) is 12.3 Å². The molecular formula is C22H16F6N6O. The van der Waals surface area contributed by atoms with Crippen molar-refractivity contribution in [1.29, 1.82) is 0 Å². The maximum absolute atomic E-state index is 13.5. The number of carbonyl (C=O) groups excluding carboxylic acids is 1. The second-order valence-electron chi connectivity index (χ2n) is 8.24. The van der Waals surface area contributed by atoms with E-state index in [1.165, 1.54) is 28.9 Å². The number of nitrogens with two attached hydrogens (primary N) is 1. The van der Waals surface area contributed by atoms with Crippen LogP contribution in [0.4, 0.5) is 32.2 Å². The van der Waals surface area contributed by atoms with Crippen LogP contribution in [0.3, 0.4) is 0 Å². The Morgan fingerprint density at radius 2 is 1.89 bits per heavy atom. The third kappa shape index (κ3) is 4.10. The van der Waals surface area contributed by atoms with E-state index in [1.54, 1.807) is 0 Å². The summed E-state index contributed by atoms with van der Waals surface area (Å²) in [6, 6.07) is 6.02. The van der Waals surface area contributed by atoms with Crippen LogP contribution in [0.25, 0.3) is 16.7 Å². The molecule has 5 rings (SSSR count). The molecule has 1 amide bonds. The number of aromatic nitrogens is 4. The summed E-state index contributed by atoms with van der Waals surface area (Å²) in [6.07, 6.45) is -7.78. The average Bonchev–Trinajstić information content (AvgIpc) is 3.43. The first kappa shape index (κ1) is 22.9. The van der Waals surface area contributed by atoms with Crippen molar-refractivity contribution >= 4 is 28.4 Å². The maximum atomic E-state index is 13.5. The minimum atomic E-state index is -4.72. The van der Waals surface area contributed by atoms with Crippen molar-refractivity contribution in [3.05, 3.63) is 65.0 Å². The highest BCUT2D eigenvalue weighted by Crippen LogP contribution is 2.41. The number of fused-ring (bicyclic) bond motifs is 4. The van der Waals surface area contributed by atoms with Gasteiger partial charge in [-0.2, -0.15) is 26.3 Å². The summed E-state index contributed by atoms with van der Waals surface area (Å²) in [7, 11) is 0. The van der Waals surface area contributed by atoms with E-state index in [0.717, 1.165) is 18.2 Å². The summed E-state index contributed by atoms with van der Waals surface area (Å²) in [6.45, 7) is -1.56. The van der Waals surface area contributed by atoms with Gasteiger partial charge in [-0.25, -0.2) is 4.98 Å². The first-order valence-corrected chi connectivity index (χ1v) is 10.4. The molecule has 0 saturated carbocycles. The molecule has 2 heterocycles. The fraction of sp³-hybridized carbons (Fsp3) is 0.273. The molecule has 2 N–H and O–H groups in total. The van der Waals surface area contributed by atoms with E-state index < -0.39 is 36.4 Å². The summed E-state index contributed by atoms with van der Waals surface area (Å²) >= 11 is 0. The number of amides is 1. The van der Waals surface area contributed by atoms with Gasteiger partial charge in [-0.05, 0) is 54.3 Å². The Kier molecular flexibility index (Phi) is 5.11. The topological polar surface area (TPSA) is 89.4 Å². The fourth-order valence-electron chi connectivity index (χ4n) is 4.49. The molecule has 182 valence electrons. The zero-order valence-corrected chi connectivity index (χ0v) is 17.7. The van der Waals surface area contributed by atoms with Crippen molar-refractivity contribution in [2.24, 2.45) is 0 Å². The van der Waals surface area contributed by atoms with Crippen molar-refractivity contribution in [2.45, 2.75) is 31.2 Å². The standard InChI is InChI=1S/C22H16F6N6O/c23-21(24,25)9-33(16-6-2-11-7-13(22(26,27)28)3-4-14(11)16)20(35)12-1-5-15-17(8-12)34-10-30-32-19(34)18(29)31-15/h1,3-5,7-8,10,16H,2,6,9H2,(H2,29,31). The summed E-state index contributed by atoms with van der Waals surface area (Å²) in [5.74, 6) is -0.825. The van der Waals surface area contributed by atoms with Crippen LogP contribution >= 0.6 is 0 Å². The van der Waals surface area contributed by atoms with E-state index in [4.69, 9.17) is 5.73 Å². The molecule has 2 aromatic carbocycles. The van der Waals surface area contributed by atoms with Gasteiger partial charge in [-0.1, -0.05) is 6.07 Å². The number of benzene rings is 2. The third-order valence-corrected chi connectivity index (χ3v) is 6.00. The lowest BCUT2D eigenvalue weighted by Gasteiger charge is -2.31. The van der Waals surface area contributed by atoms with Crippen LogP contribution in [0.5, 0.6) is 0 Å². The highest BCUT2D eigenvalue weighted by Gasteiger charge is 2.40. The van der Waals surface area contributed by atoms with E-state index >= 15 is 0 Å². The Bertz CT molecular complexity index is 1460. The number of carbonyl (C=O) groups is 1. The quantitative estimate of drug-likeness (QED) is 0.422. The van der Waals surface area contributed by atoms with Gasteiger partial charge in [-0.3, -0.25) is 9.20 Å². The van der Waals surface area contributed by atoms with Crippen LogP contribution < -0.4 is 5.73 Å². The predicted octanol–water partition coefficient (Wildman–Crippen LogP) is 4.57. The van der Waals surface area contributed by atoms with Crippen molar-refractivity contribution < 1.29 is 31.1 Å². The molecule has 1 atom stereocenters. The number of alkyl halides is 6. The summed E-state index contributed by atoms with van der Waals surface area (Å²) < 4.78 is 81.3. The number of hydrogen-bond donors (Lipinski definition) is 1. The second-order valence-corrected chi connectivity index (χ2v) is 8.24. The fourth-order valence-corrected chi connectivity index (χ4v) is 4.49. The van der Waals surface area contributed by atoms with Gasteiger partial charge in [0.25, 0.3) is 5.91 Å². The van der Waals surface area contributed by atoms with Gasteiger partial charge < -0.3 is 10.6 Å². The van der Waals surface area contributed by atoms with Gasteiger partial charge in [0.2, 0.25) is 5.65 Å². The van der Waals surface area contributed by atoms with E-state index in [1.807, 2.05) is 0 Å². The van der Waals surface area contributed by atoms with Crippen LogP contribution in [0.2, 0.25) is 0 Å². The summed E-state index contributed by atoms with van der Waals surface area (Å²) in [5.41, 5.74) is 6.41. The van der Waals surface area contributed by atoms with Gasteiger partial charge in [-0.15, -0.1) is 10.2 Å². The Hall–Kier alpha value is -3.90. The predicted molar refractivity (Wildman–Crippen MR) is 112 cm³/mol. The van der Waals surface area contributed by atoms with Crippen LogP contribution in [-0.2, 0) is 12.6 Å². The Labute approximate surface area is 193 Å². The maximum Gasteiger partial charge on any atom is 0.416 e. The molecule has 0 fully saturated rings. The molecule has 35 heavy (non-hydrogen) atoms. The molecule has 1 aliphatic rings. The van der Waals surface area contributed by atoms with Crippen molar-refractivity contribution in [3.8, 4) is 0 Å². The van der Waals surface area contributed by atoms with Gasteiger partial charge in [0, 0.05) is 5.56 Å². The first-order chi connectivity index (χ1) is 16.4. The molecule has 0 aliphatic heterocycles. The number of halogens is 6. The zero-order valence-electron chi connectivity index (χ0n) is 17.7. The smallest absolute Gasteiger partial charge is 0.381 e. The van der Waals surface area contributed by atoms with Crippen LogP contribution in [0, 0.1) is 0 Å². The van der Waals surface area contributed by atoms with Crippen LogP contribution in [0.1, 0.15) is 39.5 Å². The number of nitrogens with zero attached hydrogens (tertiary/aromatic N) is 5. The first-order valence-electron chi connectivity index (χ1n) is 10.4. The van der Waals surface area contributed by atoms with Gasteiger partial charge in [0.15, 0.2) is 5.82 Å². The molecule has 2 aromatic heterocycles. The molecule has 0 radical (unpaired) electrons. The van der Waals surface area contributed by atoms with E-state index in [2.05, 4.69) is 15.2 Å². The molecule has 0 saturated heterocycles. The number of aryl methyl sites for hydroxylation is 1. The normalized spacial score (nSPS) is 16.1.